The molecule has 1 aliphatic heterocycles. The predicted molar refractivity (Wildman–Crippen MR) is 60.5 cm³/mol. The van der Waals surface area contributed by atoms with Crippen LogP contribution in [0.2, 0.25) is 0 Å². The summed E-state index contributed by atoms with van der Waals surface area (Å²) >= 11 is 0. The standard InChI is InChI=1S/C11H20N4/c1-9-4-11(8-14(9)2)12-5-10-6-13-15(3)7-10/h6-7,9,11-12H,4-5,8H2,1-3H3. The van der Waals surface area contributed by atoms with Gasteiger partial charge in [-0.15, -0.1) is 0 Å². The molecule has 4 heteroatoms. The van der Waals surface area contributed by atoms with Crippen LogP contribution in [0.1, 0.15) is 18.9 Å². The number of nitrogens with one attached hydrogen (secondary N) is 1. The highest BCUT2D eigenvalue weighted by atomic mass is 15.2. The third-order valence-electron chi connectivity index (χ3n) is 3.24. The average molecular weight is 208 g/mol. The molecule has 1 saturated heterocycles. The maximum Gasteiger partial charge on any atom is 0.0534 e. The van der Waals surface area contributed by atoms with Crippen LogP contribution in [0, 0.1) is 0 Å². The zero-order valence-electron chi connectivity index (χ0n) is 9.77. The molecule has 0 bridgehead atoms. The number of likely N-dealkylation sites (tertiary alicyclic amines) is 1. The molecule has 2 atom stereocenters. The van der Waals surface area contributed by atoms with Crippen LogP contribution < -0.4 is 5.32 Å². The van der Waals surface area contributed by atoms with E-state index < -0.39 is 0 Å². The Bertz CT molecular complexity index is 310. The van der Waals surface area contributed by atoms with Crippen molar-refractivity contribution in [2.75, 3.05) is 13.6 Å². The van der Waals surface area contributed by atoms with Gasteiger partial charge in [-0.05, 0) is 20.4 Å². The van der Waals surface area contributed by atoms with E-state index in [1.807, 2.05) is 17.9 Å². The summed E-state index contributed by atoms with van der Waals surface area (Å²) in [6.07, 6.45) is 5.24. The highest BCUT2D eigenvalue weighted by Gasteiger charge is 2.25. The number of nitrogens with zero attached hydrogens (tertiary/aromatic N) is 3. The molecule has 2 unspecified atom stereocenters. The first-order valence-corrected chi connectivity index (χ1v) is 5.56. The summed E-state index contributed by atoms with van der Waals surface area (Å²) < 4.78 is 1.85. The third-order valence-corrected chi connectivity index (χ3v) is 3.24. The Balaban J connectivity index is 1.79. The van der Waals surface area contributed by atoms with Crippen LogP contribution in [-0.2, 0) is 13.6 Å². The van der Waals surface area contributed by atoms with E-state index in [0.717, 1.165) is 13.1 Å². The van der Waals surface area contributed by atoms with E-state index in [0.29, 0.717) is 12.1 Å². The van der Waals surface area contributed by atoms with Crippen LogP contribution in [-0.4, -0.2) is 40.4 Å². The van der Waals surface area contributed by atoms with Gasteiger partial charge in [-0.3, -0.25) is 4.68 Å². The Hall–Kier alpha value is -0.870. The fraction of sp³-hybridized carbons (Fsp3) is 0.727. The van der Waals surface area contributed by atoms with Gasteiger partial charge in [0.15, 0.2) is 0 Å². The maximum atomic E-state index is 4.16. The summed E-state index contributed by atoms with van der Waals surface area (Å²) in [4.78, 5) is 2.40. The van der Waals surface area contributed by atoms with Crippen LogP contribution in [0.3, 0.4) is 0 Å². The highest BCUT2D eigenvalue weighted by Crippen LogP contribution is 2.15. The topological polar surface area (TPSA) is 33.1 Å². The van der Waals surface area contributed by atoms with Crippen molar-refractivity contribution in [2.45, 2.75) is 32.0 Å². The molecule has 15 heavy (non-hydrogen) atoms. The molecule has 0 radical (unpaired) electrons. The van der Waals surface area contributed by atoms with Gasteiger partial charge in [-0.1, -0.05) is 0 Å². The fourth-order valence-corrected chi connectivity index (χ4v) is 2.17. The van der Waals surface area contributed by atoms with E-state index in [2.05, 4.69) is 35.5 Å². The fourth-order valence-electron chi connectivity index (χ4n) is 2.17. The van der Waals surface area contributed by atoms with E-state index in [1.165, 1.54) is 12.0 Å². The quantitative estimate of drug-likeness (QED) is 0.790. The Labute approximate surface area is 91.3 Å². The Morgan fingerprint density at radius 1 is 1.53 bits per heavy atom. The zero-order chi connectivity index (χ0) is 10.8. The molecule has 1 N–H and O–H groups in total. The molecule has 1 fully saturated rings. The highest BCUT2D eigenvalue weighted by molar-refractivity contribution is 5.03. The van der Waals surface area contributed by atoms with Gasteiger partial charge in [-0.2, -0.15) is 5.10 Å². The van der Waals surface area contributed by atoms with Crippen molar-refractivity contribution in [1.82, 2.24) is 20.0 Å². The molecule has 2 rings (SSSR count). The van der Waals surface area contributed by atoms with Crippen LogP contribution >= 0.6 is 0 Å². The third kappa shape index (κ3) is 2.58. The van der Waals surface area contributed by atoms with Gasteiger partial charge < -0.3 is 10.2 Å². The van der Waals surface area contributed by atoms with Gasteiger partial charge in [0, 0.05) is 44.0 Å². The van der Waals surface area contributed by atoms with Crippen molar-refractivity contribution < 1.29 is 0 Å². The van der Waals surface area contributed by atoms with Gasteiger partial charge in [0.25, 0.3) is 0 Å². The molecule has 1 aromatic rings. The van der Waals surface area contributed by atoms with E-state index in [9.17, 15) is 0 Å². The molecule has 1 aliphatic rings. The summed E-state index contributed by atoms with van der Waals surface area (Å²) in [5.74, 6) is 0. The summed E-state index contributed by atoms with van der Waals surface area (Å²) in [5.41, 5.74) is 1.26. The summed E-state index contributed by atoms with van der Waals surface area (Å²) in [7, 11) is 4.14. The number of aryl methyl sites for hydroxylation is 1. The second kappa shape index (κ2) is 4.33. The molecule has 0 amide bonds. The normalized spacial score (nSPS) is 27.4. The first-order valence-electron chi connectivity index (χ1n) is 5.56. The zero-order valence-corrected chi connectivity index (χ0v) is 9.77. The molecule has 0 spiro atoms. The molecular weight excluding hydrogens is 188 g/mol. The molecule has 0 saturated carbocycles. The molecule has 0 aromatic carbocycles. The number of likely N-dealkylation sites (N-methyl/N-ethyl adjacent to an activating group) is 1. The summed E-state index contributed by atoms with van der Waals surface area (Å²) in [5, 5.41) is 7.74. The van der Waals surface area contributed by atoms with E-state index in [1.54, 1.807) is 0 Å². The van der Waals surface area contributed by atoms with Crippen molar-refractivity contribution in [3.63, 3.8) is 0 Å². The predicted octanol–water partition coefficient (Wildman–Crippen LogP) is 0.602. The van der Waals surface area contributed by atoms with Gasteiger partial charge in [0.05, 0.1) is 6.20 Å². The molecule has 84 valence electrons. The lowest BCUT2D eigenvalue weighted by molar-refractivity contribution is 0.326. The minimum atomic E-state index is 0.630. The lowest BCUT2D eigenvalue weighted by Gasteiger charge is -2.12. The molecule has 1 aromatic heterocycles. The van der Waals surface area contributed by atoms with E-state index in [4.69, 9.17) is 0 Å². The SMILES string of the molecule is CC1CC(NCc2cnn(C)c2)CN1C. The second-order valence-electron chi connectivity index (χ2n) is 4.62. The Morgan fingerprint density at radius 2 is 2.33 bits per heavy atom. The molecule has 4 nitrogen and oxygen atoms in total. The number of hydrogen-bond donors (Lipinski definition) is 1. The van der Waals surface area contributed by atoms with Crippen molar-refractivity contribution in [3.05, 3.63) is 18.0 Å². The smallest absolute Gasteiger partial charge is 0.0534 e. The van der Waals surface area contributed by atoms with Crippen LogP contribution in [0.4, 0.5) is 0 Å². The Morgan fingerprint density at radius 3 is 2.87 bits per heavy atom. The molecule has 2 heterocycles. The lowest BCUT2D eigenvalue weighted by atomic mass is 10.2. The first kappa shape index (κ1) is 10.6. The van der Waals surface area contributed by atoms with Crippen molar-refractivity contribution >= 4 is 0 Å². The van der Waals surface area contributed by atoms with Gasteiger partial charge in [0.2, 0.25) is 0 Å². The number of aromatic nitrogens is 2. The number of hydrogen-bond acceptors (Lipinski definition) is 3. The average Bonchev–Trinajstić information content (AvgIpc) is 2.72. The maximum absolute atomic E-state index is 4.16. The van der Waals surface area contributed by atoms with Crippen LogP contribution in [0.5, 0.6) is 0 Å². The summed E-state index contributed by atoms with van der Waals surface area (Å²) in [6.45, 7) is 4.37. The van der Waals surface area contributed by atoms with Crippen molar-refractivity contribution in [2.24, 2.45) is 7.05 Å². The van der Waals surface area contributed by atoms with Gasteiger partial charge in [-0.25, -0.2) is 0 Å². The van der Waals surface area contributed by atoms with E-state index in [-0.39, 0.29) is 0 Å². The van der Waals surface area contributed by atoms with Crippen LogP contribution in [0.15, 0.2) is 12.4 Å². The van der Waals surface area contributed by atoms with Crippen molar-refractivity contribution in [1.29, 1.82) is 0 Å². The first-order chi connectivity index (χ1) is 7.15. The van der Waals surface area contributed by atoms with Crippen molar-refractivity contribution in [3.8, 4) is 0 Å². The van der Waals surface area contributed by atoms with Crippen LogP contribution in [0.25, 0.3) is 0 Å². The minimum Gasteiger partial charge on any atom is -0.308 e. The number of rotatable bonds is 3. The molecule has 0 aliphatic carbocycles. The summed E-state index contributed by atoms with van der Waals surface area (Å²) in [6, 6.07) is 1.33. The van der Waals surface area contributed by atoms with E-state index >= 15 is 0 Å². The second-order valence-corrected chi connectivity index (χ2v) is 4.62. The lowest BCUT2D eigenvalue weighted by Crippen LogP contribution is -2.30. The Kier molecular flexibility index (Phi) is 3.07. The largest absolute Gasteiger partial charge is 0.308 e. The monoisotopic (exact) mass is 208 g/mol. The van der Waals surface area contributed by atoms with Gasteiger partial charge in [0.1, 0.15) is 0 Å². The van der Waals surface area contributed by atoms with Gasteiger partial charge >= 0.3 is 0 Å². The minimum absolute atomic E-state index is 0.630. The molecular formula is C11H20N4.